The van der Waals surface area contributed by atoms with E-state index in [-0.39, 0.29) is 41.8 Å². The molecule has 188 valence electrons. The maximum absolute atomic E-state index is 13.4. The van der Waals surface area contributed by atoms with E-state index in [1.54, 1.807) is 36.1 Å². The molecule has 1 atom stereocenters. The summed E-state index contributed by atoms with van der Waals surface area (Å²) in [6, 6.07) is 7.05. The maximum Gasteiger partial charge on any atom is 0.340 e. The Balaban J connectivity index is 1.72. The Hall–Kier alpha value is -3.33. The quantitative estimate of drug-likeness (QED) is 0.612. The van der Waals surface area contributed by atoms with E-state index in [1.165, 1.54) is 0 Å². The molecule has 9 nitrogen and oxygen atoms in total. The maximum atomic E-state index is 13.4. The van der Waals surface area contributed by atoms with Crippen molar-refractivity contribution in [3.05, 3.63) is 52.6 Å². The minimum Gasteiger partial charge on any atom is -0.483 e. The third kappa shape index (κ3) is 5.19. The molecule has 1 saturated heterocycles. The molecular weight excluding hydrogens is 452 g/mol. The average Bonchev–Trinajstić information content (AvgIpc) is 2.81. The highest BCUT2D eigenvalue weighted by molar-refractivity contribution is 6.03. The van der Waals surface area contributed by atoms with Crippen molar-refractivity contribution in [2.24, 2.45) is 11.1 Å². The van der Waals surface area contributed by atoms with Crippen molar-refractivity contribution in [2.45, 2.75) is 39.5 Å². The molecule has 2 heterocycles. The number of hydrogen-bond donors (Lipinski definition) is 1. The molecule has 1 aromatic rings. The third-order valence-electron chi connectivity index (χ3n) is 6.40. The lowest BCUT2D eigenvalue weighted by Gasteiger charge is -2.38. The number of Topliss-reactive ketones (excluding diaryl/α,β-unsaturated/α-hetero) is 1. The lowest BCUT2D eigenvalue weighted by Crippen LogP contribution is -2.43. The molecule has 2 N–H and O–H groups in total. The predicted molar refractivity (Wildman–Crippen MR) is 126 cm³/mol. The fraction of sp³-hybridized carbons (Fsp3) is 0.500. The van der Waals surface area contributed by atoms with Gasteiger partial charge in [0.15, 0.2) is 12.4 Å². The normalized spacial score (nSPS) is 21.9. The lowest BCUT2D eigenvalue weighted by atomic mass is 9.70. The molecule has 1 aliphatic carbocycles. The van der Waals surface area contributed by atoms with Gasteiger partial charge in [0.05, 0.1) is 25.7 Å². The number of hydrogen-bond acceptors (Lipinski definition) is 8. The molecule has 1 aromatic carbocycles. The first kappa shape index (κ1) is 24.8. The van der Waals surface area contributed by atoms with Gasteiger partial charge in [-0.15, -0.1) is 0 Å². The topological polar surface area (TPSA) is 117 Å². The summed E-state index contributed by atoms with van der Waals surface area (Å²) >= 11 is 0. The van der Waals surface area contributed by atoms with Crippen molar-refractivity contribution in [3.8, 4) is 5.75 Å². The van der Waals surface area contributed by atoms with E-state index in [1.807, 2.05) is 13.8 Å². The number of allylic oxidation sites excluding steroid dienone is 2. The number of amides is 1. The van der Waals surface area contributed by atoms with E-state index < -0.39 is 11.9 Å². The summed E-state index contributed by atoms with van der Waals surface area (Å²) in [5.41, 5.74) is 6.95. The van der Waals surface area contributed by atoms with Gasteiger partial charge < -0.3 is 29.6 Å². The van der Waals surface area contributed by atoms with Crippen LogP contribution in [-0.2, 0) is 28.6 Å². The van der Waals surface area contributed by atoms with Gasteiger partial charge in [-0.3, -0.25) is 9.59 Å². The average molecular weight is 485 g/mol. The fourth-order valence-electron chi connectivity index (χ4n) is 4.80. The van der Waals surface area contributed by atoms with E-state index in [0.717, 1.165) is 0 Å². The van der Waals surface area contributed by atoms with Crippen molar-refractivity contribution >= 4 is 17.7 Å². The van der Waals surface area contributed by atoms with Crippen LogP contribution in [0.15, 0.2) is 47.1 Å². The van der Waals surface area contributed by atoms with Crippen molar-refractivity contribution in [2.75, 3.05) is 39.5 Å². The number of nitrogens with two attached hydrogens (primary N) is 1. The van der Waals surface area contributed by atoms with Crippen LogP contribution in [0.4, 0.5) is 0 Å². The highest BCUT2D eigenvalue weighted by Gasteiger charge is 2.45. The van der Waals surface area contributed by atoms with E-state index in [9.17, 15) is 14.4 Å². The Bertz CT molecular complexity index is 1080. The number of carbonyl (C=O) groups excluding carboxylic acids is 3. The largest absolute Gasteiger partial charge is 0.483 e. The number of rotatable bonds is 6. The number of ketones is 1. The fourth-order valence-corrected chi connectivity index (χ4v) is 4.80. The molecule has 0 bridgehead atoms. The van der Waals surface area contributed by atoms with Gasteiger partial charge >= 0.3 is 5.97 Å². The first-order valence-corrected chi connectivity index (χ1v) is 11.9. The van der Waals surface area contributed by atoms with Crippen LogP contribution in [-0.4, -0.2) is 62.1 Å². The van der Waals surface area contributed by atoms with Crippen molar-refractivity contribution < 1.29 is 33.3 Å². The van der Waals surface area contributed by atoms with Crippen LogP contribution >= 0.6 is 0 Å². The van der Waals surface area contributed by atoms with Gasteiger partial charge in [-0.2, -0.15) is 0 Å². The molecular formula is C26H32N2O7. The highest BCUT2D eigenvalue weighted by Crippen LogP contribution is 2.49. The van der Waals surface area contributed by atoms with Crippen LogP contribution in [0.3, 0.4) is 0 Å². The van der Waals surface area contributed by atoms with Crippen LogP contribution in [0.25, 0.3) is 0 Å². The first-order valence-electron chi connectivity index (χ1n) is 11.9. The number of esters is 1. The molecule has 0 saturated carbocycles. The molecule has 1 fully saturated rings. The Labute approximate surface area is 204 Å². The highest BCUT2D eigenvalue weighted by atomic mass is 16.5. The zero-order valence-electron chi connectivity index (χ0n) is 20.4. The molecule has 9 heteroatoms. The van der Waals surface area contributed by atoms with Gasteiger partial charge in [-0.1, -0.05) is 32.0 Å². The second kappa shape index (κ2) is 10.1. The summed E-state index contributed by atoms with van der Waals surface area (Å²) in [6.45, 7) is 7.64. The zero-order chi connectivity index (χ0) is 25.2. The lowest BCUT2D eigenvalue weighted by molar-refractivity contribution is -0.139. The van der Waals surface area contributed by atoms with E-state index in [4.69, 9.17) is 24.7 Å². The molecule has 0 radical (unpaired) electrons. The van der Waals surface area contributed by atoms with Gasteiger partial charge in [-0.05, 0) is 18.4 Å². The Morgan fingerprint density at radius 1 is 1.17 bits per heavy atom. The number of para-hydroxylation sites is 1. The van der Waals surface area contributed by atoms with Crippen LogP contribution in [0.5, 0.6) is 5.75 Å². The predicted octanol–water partition coefficient (Wildman–Crippen LogP) is 2.41. The number of morpholine rings is 1. The van der Waals surface area contributed by atoms with E-state index in [0.29, 0.717) is 61.8 Å². The first-order chi connectivity index (χ1) is 16.7. The summed E-state index contributed by atoms with van der Waals surface area (Å²) in [4.78, 5) is 40.7. The van der Waals surface area contributed by atoms with Gasteiger partial charge in [-0.25, -0.2) is 4.79 Å². The van der Waals surface area contributed by atoms with Crippen LogP contribution in [0.1, 0.15) is 45.1 Å². The van der Waals surface area contributed by atoms with E-state index >= 15 is 0 Å². The molecule has 1 unspecified atom stereocenters. The summed E-state index contributed by atoms with van der Waals surface area (Å²) in [5, 5.41) is 0. The summed E-state index contributed by atoms with van der Waals surface area (Å²) in [5.74, 6) is -0.992. The smallest absolute Gasteiger partial charge is 0.340 e. The molecule has 4 rings (SSSR count). The van der Waals surface area contributed by atoms with Gasteiger partial charge in [0.2, 0.25) is 5.88 Å². The van der Waals surface area contributed by atoms with Crippen LogP contribution in [0, 0.1) is 5.41 Å². The minimum absolute atomic E-state index is 0.0641. The third-order valence-corrected chi connectivity index (χ3v) is 6.40. The summed E-state index contributed by atoms with van der Waals surface area (Å²) < 4.78 is 22.4. The van der Waals surface area contributed by atoms with Crippen molar-refractivity contribution in [3.63, 3.8) is 0 Å². The Kier molecular flexibility index (Phi) is 7.16. The molecule has 2 aliphatic heterocycles. The standard InChI is InChI=1S/C26H32N2O7/c1-4-33-25(31)23-21(22-17(29)13-26(2,3)14-19(22)35-24(23)27)16-7-5-6-8-18(16)34-15-20(30)28-9-11-32-12-10-28/h5-8,21H,4,9-15,27H2,1-3H3. The monoisotopic (exact) mass is 484 g/mol. The van der Waals surface area contributed by atoms with Crippen LogP contribution in [0.2, 0.25) is 0 Å². The Morgan fingerprint density at radius 2 is 1.89 bits per heavy atom. The number of carbonyl (C=O) groups is 3. The summed E-state index contributed by atoms with van der Waals surface area (Å²) in [7, 11) is 0. The van der Waals surface area contributed by atoms with Gasteiger partial charge in [0, 0.05) is 37.1 Å². The molecule has 0 aromatic heterocycles. The van der Waals surface area contributed by atoms with Crippen LogP contribution < -0.4 is 10.5 Å². The Morgan fingerprint density at radius 3 is 2.60 bits per heavy atom. The zero-order valence-corrected chi connectivity index (χ0v) is 20.4. The number of ether oxygens (including phenoxy) is 4. The molecule has 3 aliphatic rings. The minimum atomic E-state index is -0.823. The van der Waals surface area contributed by atoms with Gasteiger partial charge in [0.25, 0.3) is 5.91 Å². The number of nitrogens with zero attached hydrogens (tertiary/aromatic N) is 1. The molecule has 1 amide bonds. The van der Waals surface area contributed by atoms with Crippen molar-refractivity contribution in [1.29, 1.82) is 0 Å². The molecule has 0 spiro atoms. The second-order valence-electron chi connectivity index (χ2n) is 9.63. The van der Waals surface area contributed by atoms with Crippen molar-refractivity contribution in [1.82, 2.24) is 4.90 Å². The second-order valence-corrected chi connectivity index (χ2v) is 9.63. The van der Waals surface area contributed by atoms with E-state index in [2.05, 4.69) is 0 Å². The number of benzene rings is 1. The SMILES string of the molecule is CCOC(=O)C1=C(N)OC2=C(C(=O)CC(C)(C)C2)C1c1ccccc1OCC(=O)N1CCOCC1. The summed E-state index contributed by atoms with van der Waals surface area (Å²) in [6.07, 6.45) is 0.806. The molecule has 35 heavy (non-hydrogen) atoms. The van der Waals surface area contributed by atoms with Gasteiger partial charge in [0.1, 0.15) is 17.1 Å².